The highest BCUT2D eigenvalue weighted by atomic mass is 19.1. The Kier molecular flexibility index (Phi) is 2.46. The Morgan fingerprint density at radius 2 is 2.17 bits per heavy atom. The van der Waals surface area contributed by atoms with Gasteiger partial charge >= 0.3 is 0 Å². The van der Waals surface area contributed by atoms with Crippen LogP contribution in [0.25, 0.3) is 0 Å². The molecule has 0 spiro atoms. The van der Waals surface area contributed by atoms with Crippen molar-refractivity contribution in [2.45, 2.75) is 32.9 Å². The van der Waals surface area contributed by atoms with Crippen LogP contribution in [-0.2, 0) is 12.1 Å². The minimum Gasteiger partial charge on any atom is -0.261 e. The first-order valence-electron chi connectivity index (χ1n) is 4.18. The fourth-order valence-electron chi connectivity index (χ4n) is 1.04. The van der Waals surface area contributed by atoms with Crippen LogP contribution in [0.4, 0.5) is 4.39 Å². The zero-order valence-electron chi connectivity index (χ0n) is 7.76. The molecule has 0 N–H and O–H groups in total. The molecule has 0 aliphatic heterocycles. The van der Waals surface area contributed by atoms with E-state index in [1.165, 1.54) is 0 Å². The molecule has 66 valence electrons. The molecule has 1 nitrogen and oxygen atoms in total. The van der Waals surface area contributed by atoms with Gasteiger partial charge in [-0.2, -0.15) is 0 Å². The Hall–Kier alpha value is -0.920. The van der Waals surface area contributed by atoms with Gasteiger partial charge in [-0.15, -0.1) is 0 Å². The number of pyridine rings is 1. The summed E-state index contributed by atoms with van der Waals surface area (Å²) >= 11 is 0. The molecule has 0 unspecified atom stereocenters. The van der Waals surface area contributed by atoms with Crippen molar-refractivity contribution >= 4 is 0 Å². The summed E-state index contributed by atoms with van der Waals surface area (Å²) in [5.41, 5.74) is 0.389. The Morgan fingerprint density at radius 1 is 1.50 bits per heavy atom. The van der Waals surface area contributed by atoms with Crippen molar-refractivity contribution in [3.05, 3.63) is 29.6 Å². The predicted molar refractivity (Wildman–Crippen MR) is 47.7 cm³/mol. The van der Waals surface area contributed by atoms with E-state index in [2.05, 4.69) is 4.98 Å². The van der Waals surface area contributed by atoms with Crippen molar-refractivity contribution in [2.75, 3.05) is 0 Å². The zero-order valence-corrected chi connectivity index (χ0v) is 7.76. The zero-order chi connectivity index (χ0) is 9.19. The molecule has 2 heteroatoms. The van der Waals surface area contributed by atoms with Crippen molar-refractivity contribution < 1.29 is 4.39 Å². The van der Waals surface area contributed by atoms with Crippen LogP contribution in [-0.4, -0.2) is 4.98 Å². The van der Waals surface area contributed by atoms with Gasteiger partial charge in [0.25, 0.3) is 0 Å². The second-order valence-electron chi connectivity index (χ2n) is 3.36. The molecule has 0 aliphatic rings. The highest BCUT2D eigenvalue weighted by molar-refractivity contribution is 5.21. The summed E-state index contributed by atoms with van der Waals surface area (Å²) < 4.78 is 13.4. The lowest BCUT2D eigenvalue weighted by Crippen LogP contribution is -2.09. The molecule has 0 fully saturated rings. The fourth-order valence-corrected chi connectivity index (χ4v) is 1.04. The maximum Gasteiger partial charge on any atom is 0.130 e. The molecular weight excluding hydrogens is 153 g/mol. The maximum absolute atomic E-state index is 13.4. The summed E-state index contributed by atoms with van der Waals surface area (Å²) in [4.78, 5) is 4.10. The van der Waals surface area contributed by atoms with Crippen LogP contribution < -0.4 is 0 Å². The molecule has 0 saturated heterocycles. The molecule has 0 bridgehead atoms. The van der Waals surface area contributed by atoms with Crippen molar-refractivity contribution in [1.82, 2.24) is 4.98 Å². The van der Waals surface area contributed by atoms with Crippen molar-refractivity contribution in [1.29, 1.82) is 0 Å². The molecule has 0 atom stereocenters. The second kappa shape index (κ2) is 3.21. The van der Waals surface area contributed by atoms with Gasteiger partial charge in [0.15, 0.2) is 0 Å². The molecule has 0 radical (unpaired) electrons. The summed E-state index contributed by atoms with van der Waals surface area (Å²) in [5.74, 6) is 0. The summed E-state index contributed by atoms with van der Waals surface area (Å²) in [7, 11) is 0. The van der Waals surface area contributed by atoms with E-state index in [1.54, 1.807) is 26.1 Å². The number of alkyl halides is 1. The summed E-state index contributed by atoms with van der Waals surface area (Å²) in [6, 6.07) is 3.54. The highest BCUT2D eigenvalue weighted by Crippen LogP contribution is 2.24. The van der Waals surface area contributed by atoms with Gasteiger partial charge in [-0.1, -0.05) is 6.92 Å². The Labute approximate surface area is 72.6 Å². The van der Waals surface area contributed by atoms with E-state index in [9.17, 15) is 4.39 Å². The lowest BCUT2D eigenvalue weighted by Gasteiger charge is -2.14. The summed E-state index contributed by atoms with van der Waals surface area (Å²) in [5, 5.41) is 0. The highest BCUT2D eigenvalue weighted by Gasteiger charge is 2.18. The van der Waals surface area contributed by atoms with Gasteiger partial charge in [-0.05, 0) is 38.0 Å². The molecule has 1 rings (SSSR count). The third-order valence-electron chi connectivity index (χ3n) is 1.87. The molecule has 0 aromatic carbocycles. The van der Waals surface area contributed by atoms with E-state index in [0.29, 0.717) is 5.56 Å². The van der Waals surface area contributed by atoms with Gasteiger partial charge in [0.2, 0.25) is 0 Å². The number of hydrogen-bond acceptors (Lipinski definition) is 1. The standard InChI is InChI=1S/C10H14FN/c1-4-9-7-8(5-6-12-9)10(2,3)11/h5-7H,4H2,1-3H3. The first kappa shape index (κ1) is 9.17. The quantitative estimate of drug-likeness (QED) is 0.660. The molecule has 0 saturated carbocycles. The Morgan fingerprint density at radius 3 is 2.67 bits per heavy atom. The van der Waals surface area contributed by atoms with E-state index in [4.69, 9.17) is 0 Å². The van der Waals surface area contributed by atoms with Gasteiger partial charge in [0.1, 0.15) is 5.67 Å². The van der Waals surface area contributed by atoms with Crippen LogP contribution >= 0.6 is 0 Å². The molecular formula is C10H14FN. The van der Waals surface area contributed by atoms with Gasteiger partial charge in [0, 0.05) is 11.9 Å². The van der Waals surface area contributed by atoms with Crippen LogP contribution in [0.15, 0.2) is 18.3 Å². The monoisotopic (exact) mass is 167 g/mol. The number of aryl methyl sites for hydroxylation is 1. The van der Waals surface area contributed by atoms with E-state index in [0.717, 1.165) is 12.1 Å². The number of nitrogens with zero attached hydrogens (tertiary/aromatic N) is 1. The van der Waals surface area contributed by atoms with E-state index in [-0.39, 0.29) is 0 Å². The van der Waals surface area contributed by atoms with Crippen LogP contribution in [0.3, 0.4) is 0 Å². The summed E-state index contributed by atoms with van der Waals surface area (Å²) in [6.45, 7) is 5.13. The van der Waals surface area contributed by atoms with Crippen molar-refractivity contribution in [3.63, 3.8) is 0 Å². The lowest BCUT2D eigenvalue weighted by molar-refractivity contribution is 0.221. The number of rotatable bonds is 2. The lowest BCUT2D eigenvalue weighted by atomic mass is 10.0. The van der Waals surface area contributed by atoms with Crippen LogP contribution in [0.1, 0.15) is 32.0 Å². The van der Waals surface area contributed by atoms with Crippen molar-refractivity contribution in [2.24, 2.45) is 0 Å². The predicted octanol–water partition coefficient (Wildman–Crippen LogP) is 2.85. The van der Waals surface area contributed by atoms with Crippen molar-refractivity contribution in [3.8, 4) is 0 Å². The number of aromatic nitrogens is 1. The number of hydrogen-bond donors (Lipinski definition) is 0. The van der Waals surface area contributed by atoms with Crippen LogP contribution in [0.5, 0.6) is 0 Å². The molecule has 1 aromatic rings. The summed E-state index contributed by atoms with van der Waals surface area (Å²) in [6.07, 6.45) is 2.51. The third-order valence-corrected chi connectivity index (χ3v) is 1.87. The smallest absolute Gasteiger partial charge is 0.130 e. The van der Waals surface area contributed by atoms with E-state index >= 15 is 0 Å². The minimum absolute atomic E-state index is 0.703. The maximum atomic E-state index is 13.4. The first-order chi connectivity index (χ1) is 5.54. The van der Waals surface area contributed by atoms with E-state index < -0.39 is 5.67 Å². The van der Waals surface area contributed by atoms with Gasteiger partial charge in [0.05, 0.1) is 0 Å². The minimum atomic E-state index is -1.26. The fraction of sp³-hybridized carbons (Fsp3) is 0.500. The molecule has 0 aliphatic carbocycles. The third kappa shape index (κ3) is 2.03. The Balaban J connectivity index is 3.02. The van der Waals surface area contributed by atoms with Crippen LogP contribution in [0.2, 0.25) is 0 Å². The largest absolute Gasteiger partial charge is 0.261 e. The average molecular weight is 167 g/mol. The normalized spacial score (nSPS) is 11.7. The van der Waals surface area contributed by atoms with E-state index in [1.807, 2.05) is 13.0 Å². The average Bonchev–Trinajstić information content (AvgIpc) is 2.03. The Bertz CT molecular complexity index is 263. The second-order valence-corrected chi connectivity index (χ2v) is 3.36. The molecule has 0 amide bonds. The first-order valence-corrected chi connectivity index (χ1v) is 4.18. The molecule has 12 heavy (non-hydrogen) atoms. The molecule has 1 aromatic heterocycles. The topological polar surface area (TPSA) is 12.9 Å². The van der Waals surface area contributed by atoms with Gasteiger partial charge in [-0.3, -0.25) is 4.98 Å². The van der Waals surface area contributed by atoms with Crippen LogP contribution in [0, 0.1) is 0 Å². The SMILES string of the molecule is CCc1cc(C(C)(C)F)ccn1. The van der Waals surface area contributed by atoms with Gasteiger partial charge in [-0.25, -0.2) is 4.39 Å². The number of halogens is 1. The molecule has 1 heterocycles. The van der Waals surface area contributed by atoms with Gasteiger partial charge < -0.3 is 0 Å².